The average Bonchev–Trinajstić information content (AvgIpc) is 2.98. The van der Waals surface area contributed by atoms with Crippen LogP contribution < -0.4 is 5.32 Å². The van der Waals surface area contributed by atoms with Crippen LogP contribution in [0.15, 0.2) is 22.8 Å². The molecule has 1 aromatic heterocycles. The van der Waals surface area contributed by atoms with E-state index in [1.165, 1.54) is 0 Å². The van der Waals surface area contributed by atoms with Crippen molar-refractivity contribution in [2.45, 2.75) is 24.9 Å². The van der Waals surface area contributed by atoms with Gasteiger partial charge in [-0.1, -0.05) is 0 Å². The Kier molecular flexibility index (Phi) is 5.03. The molecule has 0 aromatic carbocycles. The second-order valence-electron chi connectivity index (χ2n) is 5.36. The van der Waals surface area contributed by atoms with Crippen LogP contribution in [0.5, 0.6) is 0 Å². The molecule has 6 nitrogen and oxygen atoms in total. The van der Waals surface area contributed by atoms with Crippen LogP contribution in [0.25, 0.3) is 0 Å². The molecule has 20 heavy (non-hydrogen) atoms. The summed E-state index contributed by atoms with van der Waals surface area (Å²) < 4.78 is 5.33. The van der Waals surface area contributed by atoms with E-state index in [0.717, 1.165) is 31.7 Å². The van der Waals surface area contributed by atoms with Gasteiger partial charge in [-0.25, -0.2) is 4.79 Å². The number of likely N-dealkylation sites (tertiary alicyclic amines) is 1. The molecule has 6 heteroatoms. The van der Waals surface area contributed by atoms with Crippen molar-refractivity contribution in [1.29, 1.82) is 0 Å². The van der Waals surface area contributed by atoms with E-state index in [4.69, 9.17) is 4.42 Å². The van der Waals surface area contributed by atoms with Crippen LogP contribution in [0, 0.1) is 0 Å². The number of aliphatic hydroxyl groups is 1. The molecule has 1 atom stereocenters. The van der Waals surface area contributed by atoms with Gasteiger partial charge in [-0.3, -0.25) is 0 Å². The molecular weight excluding hydrogens is 258 g/mol. The van der Waals surface area contributed by atoms with Crippen molar-refractivity contribution >= 4 is 6.03 Å². The third-order valence-corrected chi connectivity index (χ3v) is 3.65. The third kappa shape index (κ3) is 3.52. The van der Waals surface area contributed by atoms with Crippen molar-refractivity contribution < 1.29 is 14.3 Å². The highest BCUT2D eigenvalue weighted by Gasteiger charge is 2.26. The smallest absolute Gasteiger partial charge is 0.319 e. The standard InChI is InChI=1S/C14H23N3O3/c1-16(2)14(19)17-7-5-11(6-8-17)15-12(10-18)13-4-3-9-20-13/h3-4,9,11-12,15,18H,5-8,10H2,1-2H3. The Balaban J connectivity index is 1.83. The van der Waals surface area contributed by atoms with Crippen molar-refractivity contribution in [3.8, 4) is 0 Å². The Morgan fingerprint density at radius 1 is 1.55 bits per heavy atom. The molecule has 1 saturated heterocycles. The first-order chi connectivity index (χ1) is 9.61. The number of hydrogen-bond donors (Lipinski definition) is 2. The van der Waals surface area contributed by atoms with E-state index in [2.05, 4.69) is 5.32 Å². The van der Waals surface area contributed by atoms with E-state index in [-0.39, 0.29) is 18.7 Å². The molecule has 2 amide bonds. The highest BCUT2D eigenvalue weighted by atomic mass is 16.3. The van der Waals surface area contributed by atoms with E-state index in [0.29, 0.717) is 6.04 Å². The van der Waals surface area contributed by atoms with Gasteiger partial charge in [-0.2, -0.15) is 0 Å². The maximum Gasteiger partial charge on any atom is 0.319 e. The number of amides is 2. The molecule has 112 valence electrons. The van der Waals surface area contributed by atoms with Crippen LogP contribution in [0.1, 0.15) is 24.6 Å². The fourth-order valence-corrected chi connectivity index (χ4v) is 2.52. The molecule has 1 fully saturated rings. The SMILES string of the molecule is CN(C)C(=O)N1CCC(NC(CO)c2ccco2)CC1. The molecule has 0 saturated carbocycles. The second-order valence-corrected chi connectivity index (χ2v) is 5.36. The lowest BCUT2D eigenvalue weighted by Gasteiger charge is -2.35. The highest BCUT2D eigenvalue weighted by molar-refractivity contribution is 5.73. The number of rotatable bonds is 4. The summed E-state index contributed by atoms with van der Waals surface area (Å²) in [6, 6.07) is 3.86. The number of carbonyl (C=O) groups is 1. The van der Waals surface area contributed by atoms with Crippen molar-refractivity contribution in [2.75, 3.05) is 33.8 Å². The molecule has 1 aromatic rings. The van der Waals surface area contributed by atoms with Crippen LogP contribution in [-0.4, -0.2) is 60.8 Å². The minimum atomic E-state index is -0.175. The van der Waals surface area contributed by atoms with Gasteiger partial charge in [0.15, 0.2) is 0 Å². The van der Waals surface area contributed by atoms with Crippen LogP contribution in [0.4, 0.5) is 4.79 Å². The monoisotopic (exact) mass is 281 g/mol. The molecule has 1 aliphatic heterocycles. The lowest BCUT2D eigenvalue weighted by atomic mass is 10.0. The van der Waals surface area contributed by atoms with Crippen molar-refractivity contribution in [3.05, 3.63) is 24.2 Å². The number of furan rings is 1. The first kappa shape index (κ1) is 14.9. The van der Waals surface area contributed by atoms with Gasteiger partial charge in [0.2, 0.25) is 0 Å². The zero-order valence-corrected chi connectivity index (χ0v) is 12.1. The number of nitrogens with zero attached hydrogens (tertiary/aromatic N) is 2. The maximum atomic E-state index is 11.8. The number of urea groups is 1. The largest absolute Gasteiger partial charge is 0.468 e. The minimum absolute atomic E-state index is 0.00432. The first-order valence-electron chi connectivity index (χ1n) is 6.98. The molecule has 0 aliphatic carbocycles. The van der Waals surface area contributed by atoms with Crippen molar-refractivity contribution in [2.24, 2.45) is 0 Å². The lowest BCUT2D eigenvalue weighted by Crippen LogP contribution is -2.48. The third-order valence-electron chi connectivity index (χ3n) is 3.65. The number of carbonyl (C=O) groups excluding carboxylic acids is 1. The van der Waals surface area contributed by atoms with Gasteiger partial charge in [0.25, 0.3) is 0 Å². The fourth-order valence-electron chi connectivity index (χ4n) is 2.52. The first-order valence-corrected chi connectivity index (χ1v) is 6.98. The molecule has 2 heterocycles. The van der Waals surface area contributed by atoms with Gasteiger partial charge < -0.3 is 24.6 Å². The number of aliphatic hydroxyl groups excluding tert-OH is 1. The predicted molar refractivity (Wildman–Crippen MR) is 75.3 cm³/mol. The summed E-state index contributed by atoms with van der Waals surface area (Å²) in [5, 5.41) is 12.8. The molecule has 0 spiro atoms. The Morgan fingerprint density at radius 2 is 2.25 bits per heavy atom. The highest BCUT2D eigenvalue weighted by Crippen LogP contribution is 2.18. The summed E-state index contributed by atoms with van der Waals surface area (Å²) in [4.78, 5) is 15.3. The molecular formula is C14H23N3O3. The van der Waals surface area contributed by atoms with E-state index in [1.54, 1.807) is 25.3 Å². The predicted octanol–water partition coefficient (Wildman–Crippen LogP) is 1.05. The Hall–Kier alpha value is -1.53. The van der Waals surface area contributed by atoms with Crippen molar-refractivity contribution in [3.63, 3.8) is 0 Å². The van der Waals surface area contributed by atoms with E-state index >= 15 is 0 Å². The summed E-state index contributed by atoms with van der Waals surface area (Å²) in [6.45, 7) is 1.49. The number of hydrogen-bond acceptors (Lipinski definition) is 4. The Labute approximate surface area is 119 Å². The number of piperidine rings is 1. The van der Waals surface area contributed by atoms with Gasteiger partial charge in [-0.05, 0) is 25.0 Å². The summed E-state index contributed by atoms with van der Waals surface area (Å²) >= 11 is 0. The summed E-state index contributed by atoms with van der Waals surface area (Å²) in [5.74, 6) is 0.749. The van der Waals surface area contributed by atoms with E-state index < -0.39 is 0 Å². The summed E-state index contributed by atoms with van der Waals surface area (Å²) in [7, 11) is 3.54. The fraction of sp³-hybridized carbons (Fsp3) is 0.643. The van der Waals surface area contributed by atoms with Crippen LogP contribution in [0.3, 0.4) is 0 Å². The van der Waals surface area contributed by atoms with Crippen LogP contribution >= 0.6 is 0 Å². The quantitative estimate of drug-likeness (QED) is 0.865. The second kappa shape index (κ2) is 6.76. The lowest BCUT2D eigenvalue weighted by molar-refractivity contribution is 0.143. The van der Waals surface area contributed by atoms with Gasteiger partial charge in [0.05, 0.1) is 18.9 Å². The molecule has 1 unspecified atom stereocenters. The molecule has 2 N–H and O–H groups in total. The topological polar surface area (TPSA) is 69.0 Å². The van der Waals surface area contributed by atoms with Crippen molar-refractivity contribution in [1.82, 2.24) is 15.1 Å². The normalized spacial score (nSPS) is 18.1. The number of nitrogens with one attached hydrogen (secondary N) is 1. The molecule has 1 aliphatic rings. The van der Waals surface area contributed by atoms with Crippen LogP contribution in [-0.2, 0) is 0 Å². The molecule has 2 rings (SSSR count). The maximum absolute atomic E-state index is 11.8. The zero-order chi connectivity index (χ0) is 14.5. The molecule has 0 bridgehead atoms. The minimum Gasteiger partial charge on any atom is -0.468 e. The zero-order valence-electron chi connectivity index (χ0n) is 12.1. The Morgan fingerprint density at radius 3 is 2.75 bits per heavy atom. The van der Waals surface area contributed by atoms with Crippen LogP contribution in [0.2, 0.25) is 0 Å². The van der Waals surface area contributed by atoms with Gasteiger partial charge in [-0.15, -0.1) is 0 Å². The van der Waals surface area contributed by atoms with Gasteiger partial charge in [0.1, 0.15) is 5.76 Å². The van der Waals surface area contributed by atoms with Gasteiger partial charge >= 0.3 is 6.03 Å². The summed E-state index contributed by atoms with van der Waals surface area (Å²) in [6.07, 6.45) is 3.38. The summed E-state index contributed by atoms with van der Waals surface area (Å²) in [5.41, 5.74) is 0. The van der Waals surface area contributed by atoms with E-state index in [1.807, 2.05) is 17.0 Å². The Bertz CT molecular complexity index is 411. The van der Waals surface area contributed by atoms with E-state index in [9.17, 15) is 9.90 Å². The van der Waals surface area contributed by atoms with Gasteiger partial charge in [0, 0.05) is 33.2 Å². The average molecular weight is 281 g/mol. The molecule has 0 radical (unpaired) electrons.